The first kappa shape index (κ1) is 25.8. The van der Waals surface area contributed by atoms with Crippen molar-refractivity contribution in [1.29, 1.82) is 0 Å². The molecule has 3 aromatic carbocycles. The molecule has 4 heterocycles. The van der Waals surface area contributed by atoms with Crippen molar-refractivity contribution in [2.75, 3.05) is 13.1 Å². The highest BCUT2D eigenvalue weighted by Crippen LogP contribution is 2.52. The molecule has 2 saturated heterocycles. The maximum atomic E-state index is 14.5. The Kier molecular flexibility index (Phi) is 5.99. The number of imidazole rings is 1. The van der Waals surface area contributed by atoms with Gasteiger partial charge in [-0.15, -0.1) is 0 Å². The van der Waals surface area contributed by atoms with Crippen LogP contribution < -0.4 is 10.6 Å². The lowest BCUT2D eigenvalue weighted by Gasteiger charge is -2.31. The van der Waals surface area contributed by atoms with Gasteiger partial charge in [0.2, 0.25) is 0 Å². The van der Waals surface area contributed by atoms with Crippen LogP contribution in [-0.2, 0) is 12.8 Å². The molecule has 5 aliphatic rings. The molecule has 9 rings (SSSR count). The largest absolute Gasteiger partial charge is 0.341 e. The number of carbonyl (C=O) groups is 1. The van der Waals surface area contributed by atoms with E-state index in [0.29, 0.717) is 17.9 Å². The maximum Gasteiger partial charge on any atom is 0.170 e. The topological polar surface area (TPSA) is 82.2 Å². The smallest absolute Gasteiger partial charge is 0.170 e. The van der Waals surface area contributed by atoms with Crippen LogP contribution in [0.15, 0.2) is 53.5 Å². The molecule has 2 atom stereocenters. The molecule has 3 fully saturated rings. The predicted molar refractivity (Wildman–Crippen MR) is 172 cm³/mol. The molecule has 4 aromatic rings. The Morgan fingerprint density at radius 1 is 0.791 bits per heavy atom. The molecule has 218 valence electrons. The highest BCUT2D eigenvalue weighted by molar-refractivity contribution is 6.12. The zero-order valence-corrected chi connectivity index (χ0v) is 24.8. The third kappa shape index (κ3) is 4.17. The van der Waals surface area contributed by atoms with E-state index < -0.39 is 0 Å². The number of carbonyl (C=O) groups excluding carboxylic acids is 1. The summed E-state index contributed by atoms with van der Waals surface area (Å²) in [6.07, 6.45) is 12.0. The Hall–Kier alpha value is -3.61. The second-order valence-corrected chi connectivity index (χ2v) is 13.6. The van der Waals surface area contributed by atoms with Crippen molar-refractivity contribution in [3.63, 3.8) is 0 Å². The molecule has 3 aliphatic heterocycles. The van der Waals surface area contributed by atoms with Gasteiger partial charge in [0.1, 0.15) is 5.82 Å². The van der Waals surface area contributed by atoms with Gasteiger partial charge in [-0.2, -0.15) is 0 Å². The van der Waals surface area contributed by atoms with Crippen molar-refractivity contribution in [2.24, 2.45) is 10.4 Å². The van der Waals surface area contributed by atoms with Gasteiger partial charge in [0.25, 0.3) is 0 Å². The molecule has 0 unspecified atom stereocenters. The Balaban J connectivity index is 1.13. The van der Waals surface area contributed by atoms with E-state index in [2.05, 4.69) is 64.1 Å². The van der Waals surface area contributed by atoms with Gasteiger partial charge in [0.15, 0.2) is 5.78 Å². The summed E-state index contributed by atoms with van der Waals surface area (Å²) in [5.41, 5.74) is 12.3. The van der Waals surface area contributed by atoms with E-state index in [1.54, 1.807) is 0 Å². The summed E-state index contributed by atoms with van der Waals surface area (Å²) in [7, 11) is 0. The number of aromatic nitrogens is 2. The molecular weight excluding hydrogens is 530 g/mol. The third-order valence-corrected chi connectivity index (χ3v) is 11.0. The summed E-state index contributed by atoms with van der Waals surface area (Å²) in [4.78, 5) is 28.0. The van der Waals surface area contributed by atoms with Crippen LogP contribution in [0.5, 0.6) is 0 Å². The number of H-pyrrole nitrogens is 1. The van der Waals surface area contributed by atoms with E-state index in [-0.39, 0.29) is 5.41 Å². The highest BCUT2D eigenvalue weighted by atomic mass is 16.1. The van der Waals surface area contributed by atoms with Gasteiger partial charge >= 0.3 is 0 Å². The van der Waals surface area contributed by atoms with Crippen molar-refractivity contribution in [3.05, 3.63) is 71.0 Å². The van der Waals surface area contributed by atoms with E-state index >= 15 is 0 Å². The van der Waals surface area contributed by atoms with Crippen LogP contribution in [0, 0.1) is 5.41 Å². The lowest BCUT2D eigenvalue weighted by molar-refractivity contribution is 0.0748. The zero-order chi connectivity index (χ0) is 28.5. The lowest BCUT2D eigenvalue weighted by atomic mass is 9.71. The van der Waals surface area contributed by atoms with Crippen LogP contribution in [0.25, 0.3) is 33.3 Å². The minimum absolute atomic E-state index is 0.244. The molecule has 1 saturated carbocycles. The molecule has 6 nitrogen and oxygen atoms in total. The summed E-state index contributed by atoms with van der Waals surface area (Å²) in [5.74, 6) is 1.41. The molecular formula is C37H39N5O. The van der Waals surface area contributed by atoms with Gasteiger partial charge < -0.3 is 15.6 Å². The molecule has 0 amide bonds. The van der Waals surface area contributed by atoms with Crippen LogP contribution in [-0.4, -0.2) is 40.6 Å². The first-order chi connectivity index (χ1) is 21.1. The van der Waals surface area contributed by atoms with Gasteiger partial charge in [-0.3, -0.25) is 9.79 Å². The van der Waals surface area contributed by atoms with Gasteiger partial charge in [0, 0.05) is 29.2 Å². The third-order valence-electron chi connectivity index (χ3n) is 11.0. The number of ketones is 1. The zero-order valence-electron chi connectivity index (χ0n) is 24.8. The van der Waals surface area contributed by atoms with E-state index in [9.17, 15) is 4.79 Å². The Morgan fingerprint density at radius 2 is 1.56 bits per heavy atom. The van der Waals surface area contributed by atoms with Crippen LogP contribution in [0.1, 0.15) is 91.1 Å². The first-order valence-electron chi connectivity index (χ1n) is 16.5. The molecule has 1 spiro atoms. The normalized spacial score (nSPS) is 24.2. The fourth-order valence-corrected chi connectivity index (χ4v) is 8.76. The number of fused-ring (bicyclic) bond motifs is 3. The quantitative estimate of drug-likeness (QED) is 0.239. The van der Waals surface area contributed by atoms with E-state index in [1.165, 1.54) is 53.6 Å². The summed E-state index contributed by atoms with van der Waals surface area (Å²) >= 11 is 0. The van der Waals surface area contributed by atoms with Crippen LogP contribution in [0.4, 0.5) is 5.69 Å². The summed E-state index contributed by atoms with van der Waals surface area (Å²) in [6.45, 7) is 2.14. The minimum Gasteiger partial charge on any atom is -0.341 e. The molecule has 1 aromatic heterocycles. The monoisotopic (exact) mass is 569 g/mol. The Morgan fingerprint density at radius 3 is 2.37 bits per heavy atom. The minimum atomic E-state index is -0.244. The lowest BCUT2D eigenvalue weighted by Crippen LogP contribution is -2.30. The molecule has 6 heteroatoms. The van der Waals surface area contributed by atoms with E-state index in [1.807, 2.05) is 0 Å². The summed E-state index contributed by atoms with van der Waals surface area (Å²) in [5, 5.41) is 7.18. The number of hydrogen-bond acceptors (Lipinski definition) is 5. The van der Waals surface area contributed by atoms with Crippen LogP contribution in [0.3, 0.4) is 0 Å². The fraction of sp³-hybridized carbons (Fsp3) is 0.432. The molecule has 3 N–H and O–H groups in total. The number of Topliss-reactive ketones (excluding diaryl/α,β-unsaturated/α-hetero) is 1. The number of rotatable bonds is 4. The van der Waals surface area contributed by atoms with Crippen molar-refractivity contribution in [2.45, 2.75) is 82.7 Å². The number of hydrogen-bond donors (Lipinski definition) is 3. The van der Waals surface area contributed by atoms with Gasteiger partial charge in [-0.05, 0) is 116 Å². The Labute approximate surface area is 252 Å². The van der Waals surface area contributed by atoms with Gasteiger partial charge in [-0.25, -0.2) is 4.98 Å². The highest BCUT2D eigenvalue weighted by Gasteiger charge is 2.47. The van der Waals surface area contributed by atoms with Crippen molar-refractivity contribution >= 4 is 28.2 Å². The average molecular weight is 570 g/mol. The number of aromatic amines is 1. The summed E-state index contributed by atoms with van der Waals surface area (Å²) < 4.78 is 0. The first-order valence-corrected chi connectivity index (χ1v) is 16.5. The van der Waals surface area contributed by atoms with Crippen LogP contribution in [0.2, 0.25) is 0 Å². The fourth-order valence-electron chi connectivity index (χ4n) is 8.76. The van der Waals surface area contributed by atoms with Crippen molar-refractivity contribution < 1.29 is 4.79 Å². The van der Waals surface area contributed by atoms with Gasteiger partial charge in [-0.1, -0.05) is 43.5 Å². The molecule has 0 bridgehead atoms. The van der Waals surface area contributed by atoms with Crippen molar-refractivity contribution in [1.82, 2.24) is 20.6 Å². The van der Waals surface area contributed by atoms with Crippen molar-refractivity contribution in [3.8, 4) is 22.3 Å². The molecule has 2 aliphatic carbocycles. The number of nitrogens with zero attached hydrogens (tertiary/aromatic N) is 2. The standard InChI is InChI=1S/C37H39N5O/c43-35-34-26(22-8-12-28-24(18-22)20-32(40-28)29-6-4-16-38-29)11-10-25(27(34)21-37(35)14-2-1-3-15-37)23-9-13-30-33(19-23)42-36(41-30)31-7-5-17-39-31/h8-13,18-19,29,31,38-39H,1-7,14-17,20-21H2,(H,41,42)/t29-,31-/m0/s1. The second-order valence-electron chi connectivity index (χ2n) is 13.6. The predicted octanol–water partition coefficient (Wildman–Crippen LogP) is 7.39. The Bertz CT molecular complexity index is 1800. The SMILES string of the molecule is O=C1c2c(-c3ccc4c(c3)CC([C@@H]3CCCN3)=N4)ccc(-c3ccc4nc([C@@H]5CCCN5)[nH]c4c3)c2CC12CCCCC2. The average Bonchev–Trinajstić information content (AvgIpc) is 3.87. The van der Waals surface area contributed by atoms with Gasteiger partial charge in [0.05, 0.1) is 22.8 Å². The molecule has 0 radical (unpaired) electrons. The molecule has 43 heavy (non-hydrogen) atoms. The summed E-state index contributed by atoms with van der Waals surface area (Å²) in [6, 6.07) is 18.5. The number of aliphatic imine (C=N–C) groups is 1. The number of nitrogens with one attached hydrogen (secondary N) is 3. The second kappa shape index (κ2) is 9.96. The maximum absolute atomic E-state index is 14.5. The number of benzene rings is 3. The van der Waals surface area contributed by atoms with Crippen LogP contribution >= 0.6 is 0 Å². The van der Waals surface area contributed by atoms with E-state index in [0.717, 1.165) is 97.3 Å². The van der Waals surface area contributed by atoms with E-state index in [4.69, 9.17) is 9.98 Å².